The molecule has 0 radical (unpaired) electrons. The van der Waals surface area contributed by atoms with Crippen LogP contribution in [0.2, 0.25) is 0 Å². The molecule has 1 aromatic heterocycles. The molecule has 2 aromatic rings. The van der Waals surface area contributed by atoms with E-state index < -0.39 is 23.9 Å². The third-order valence-corrected chi connectivity index (χ3v) is 9.09. The first kappa shape index (κ1) is 28.2. The number of allylic oxidation sites excluding steroid dienone is 2. The van der Waals surface area contributed by atoms with Crippen LogP contribution in [0, 0.1) is 17.8 Å². The largest absolute Gasteiger partial charge is 0.507 e. The number of para-hydroxylation sites is 1. The SMILES string of the molecule is CCC1=C([C@H](O)CC/C(=C/c2ccccc2O)c2ccccn2)[C@H](CO)[C@@H]2C(=O)N(C3CCCCC3)C(=O)[C@@H]2C1. The summed E-state index contributed by atoms with van der Waals surface area (Å²) in [6.45, 7) is 1.73. The number of phenolic OH excluding ortho intramolecular Hbond substituents is 1. The standard InChI is InChI=1S/C33H40N2O5/c1-2-21-19-25-31(33(40)35(32(25)39)24-11-4-3-5-12-24)26(20-36)30(21)29(38)16-15-22(27-13-8-9-17-34-27)18-23-10-6-7-14-28(23)37/h6-10,13-14,17-18,24-26,29,31,36-38H,2-5,11-12,15-16,19-20H2,1H3/b22-18-/t25-,26+,29-,31-/m1/s1. The Bertz CT molecular complexity index is 1280. The molecular formula is C33H40N2O5. The summed E-state index contributed by atoms with van der Waals surface area (Å²) in [6.07, 6.45) is 9.55. The second-order valence-corrected chi connectivity index (χ2v) is 11.4. The normalized spacial score (nSPS) is 24.9. The average Bonchev–Trinajstić information content (AvgIpc) is 3.24. The van der Waals surface area contributed by atoms with Gasteiger partial charge in [0.2, 0.25) is 11.8 Å². The van der Waals surface area contributed by atoms with Crippen molar-refractivity contribution in [1.29, 1.82) is 0 Å². The van der Waals surface area contributed by atoms with Gasteiger partial charge < -0.3 is 15.3 Å². The Hall–Kier alpha value is -3.29. The quantitative estimate of drug-likeness (QED) is 0.298. The van der Waals surface area contributed by atoms with Gasteiger partial charge in [-0.15, -0.1) is 0 Å². The number of imide groups is 1. The third-order valence-electron chi connectivity index (χ3n) is 9.09. The van der Waals surface area contributed by atoms with Gasteiger partial charge >= 0.3 is 0 Å². The number of nitrogens with zero attached hydrogens (tertiary/aromatic N) is 2. The predicted octanol–water partition coefficient (Wildman–Crippen LogP) is 5.12. The van der Waals surface area contributed by atoms with Crippen LogP contribution in [0.3, 0.4) is 0 Å². The van der Waals surface area contributed by atoms with Gasteiger partial charge in [-0.2, -0.15) is 0 Å². The number of likely N-dealkylation sites (tertiary alicyclic amines) is 1. The van der Waals surface area contributed by atoms with Crippen LogP contribution in [0.4, 0.5) is 0 Å². The molecule has 1 saturated heterocycles. The summed E-state index contributed by atoms with van der Waals surface area (Å²) in [7, 11) is 0. The van der Waals surface area contributed by atoms with Gasteiger partial charge in [-0.3, -0.25) is 19.5 Å². The summed E-state index contributed by atoms with van der Waals surface area (Å²) in [4.78, 5) is 33.3. The summed E-state index contributed by atoms with van der Waals surface area (Å²) in [5, 5.41) is 32.5. The van der Waals surface area contributed by atoms with Crippen molar-refractivity contribution in [3.63, 3.8) is 0 Å². The maximum Gasteiger partial charge on any atom is 0.234 e. The topological polar surface area (TPSA) is 111 Å². The Balaban J connectivity index is 1.41. The lowest BCUT2D eigenvalue weighted by atomic mass is 9.67. The fraction of sp³-hybridized carbons (Fsp3) is 0.485. The molecule has 3 aliphatic rings. The highest BCUT2D eigenvalue weighted by molar-refractivity contribution is 6.06. The number of pyridine rings is 1. The molecule has 40 heavy (non-hydrogen) atoms. The number of hydrogen-bond donors (Lipinski definition) is 3. The molecule has 212 valence electrons. The highest BCUT2D eigenvalue weighted by Gasteiger charge is 2.56. The Morgan fingerprint density at radius 3 is 2.50 bits per heavy atom. The van der Waals surface area contributed by atoms with E-state index in [1.54, 1.807) is 18.3 Å². The number of carbonyl (C=O) groups excluding carboxylic acids is 2. The first-order valence-corrected chi connectivity index (χ1v) is 14.7. The van der Waals surface area contributed by atoms with Crippen molar-refractivity contribution in [2.45, 2.75) is 76.9 Å². The summed E-state index contributed by atoms with van der Waals surface area (Å²) < 4.78 is 0. The minimum absolute atomic E-state index is 0.0439. The number of hydrogen-bond acceptors (Lipinski definition) is 6. The van der Waals surface area contributed by atoms with Gasteiger partial charge in [0.05, 0.1) is 30.2 Å². The van der Waals surface area contributed by atoms with E-state index in [9.17, 15) is 24.9 Å². The van der Waals surface area contributed by atoms with Crippen LogP contribution < -0.4 is 0 Å². The molecule has 2 heterocycles. The van der Waals surface area contributed by atoms with E-state index in [2.05, 4.69) is 4.98 Å². The Morgan fingerprint density at radius 1 is 1.07 bits per heavy atom. The number of aromatic hydroxyl groups is 1. The number of aliphatic hydroxyl groups excluding tert-OH is 2. The molecule has 2 fully saturated rings. The van der Waals surface area contributed by atoms with Crippen molar-refractivity contribution in [2.75, 3.05) is 6.61 Å². The summed E-state index contributed by atoms with van der Waals surface area (Å²) in [5.41, 5.74) is 3.98. The van der Waals surface area contributed by atoms with E-state index in [1.807, 2.05) is 43.3 Å². The van der Waals surface area contributed by atoms with Crippen molar-refractivity contribution >= 4 is 23.5 Å². The number of aromatic nitrogens is 1. The number of carbonyl (C=O) groups is 2. The second kappa shape index (κ2) is 12.5. The fourth-order valence-electron chi connectivity index (χ4n) is 7.09. The molecule has 2 aliphatic carbocycles. The summed E-state index contributed by atoms with van der Waals surface area (Å²) in [5.74, 6) is -1.75. The number of aliphatic hydroxyl groups is 2. The maximum atomic E-state index is 13.7. The van der Waals surface area contributed by atoms with Gasteiger partial charge in [-0.25, -0.2) is 0 Å². The van der Waals surface area contributed by atoms with Crippen molar-refractivity contribution in [1.82, 2.24) is 9.88 Å². The van der Waals surface area contributed by atoms with Crippen LogP contribution in [0.15, 0.2) is 59.8 Å². The summed E-state index contributed by atoms with van der Waals surface area (Å²) >= 11 is 0. The third kappa shape index (κ3) is 5.50. The van der Waals surface area contributed by atoms with Crippen molar-refractivity contribution < 1.29 is 24.9 Å². The van der Waals surface area contributed by atoms with E-state index in [4.69, 9.17) is 0 Å². The smallest absolute Gasteiger partial charge is 0.234 e. The Labute approximate surface area is 236 Å². The number of amides is 2. The average molecular weight is 545 g/mol. The molecule has 0 spiro atoms. The highest BCUT2D eigenvalue weighted by Crippen LogP contribution is 2.48. The zero-order chi connectivity index (χ0) is 28.2. The minimum Gasteiger partial charge on any atom is -0.507 e. The molecule has 7 heteroatoms. The molecular weight excluding hydrogens is 504 g/mol. The van der Waals surface area contributed by atoms with Crippen LogP contribution >= 0.6 is 0 Å². The first-order valence-electron chi connectivity index (χ1n) is 14.7. The molecule has 2 amide bonds. The molecule has 1 aromatic carbocycles. The molecule has 7 nitrogen and oxygen atoms in total. The van der Waals surface area contributed by atoms with Gasteiger partial charge in [0, 0.05) is 23.7 Å². The van der Waals surface area contributed by atoms with Crippen molar-refractivity contribution in [3.8, 4) is 5.75 Å². The van der Waals surface area contributed by atoms with E-state index in [0.29, 0.717) is 31.2 Å². The lowest BCUT2D eigenvalue weighted by Gasteiger charge is -2.36. The number of rotatable bonds is 9. The zero-order valence-corrected chi connectivity index (χ0v) is 23.2. The highest BCUT2D eigenvalue weighted by atomic mass is 16.3. The van der Waals surface area contributed by atoms with Gasteiger partial charge in [-0.05, 0) is 73.9 Å². The lowest BCUT2D eigenvalue weighted by Crippen LogP contribution is -2.42. The van der Waals surface area contributed by atoms with E-state index in [-0.39, 0.29) is 30.2 Å². The van der Waals surface area contributed by atoms with Gasteiger partial charge in [0.25, 0.3) is 0 Å². The Morgan fingerprint density at radius 2 is 1.82 bits per heavy atom. The fourth-order valence-corrected chi connectivity index (χ4v) is 7.09. The van der Waals surface area contributed by atoms with E-state index in [1.165, 1.54) is 4.90 Å². The minimum atomic E-state index is -0.879. The predicted molar refractivity (Wildman–Crippen MR) is 154 cm³/mol. The molecule has 0 bridgehead atoms. The van der Waals surface area contributed by atoms with Crippen LogP contribution in [0.5, 0.6) is 5.75 Å². The van der Waals surface area contributed by atoms with Crippen LogP contribution in [-0.4, -0.2) is 55.8 Å². The number of fused-ring (bicyclic) bond motifs is 1. The molecule has 1 saturated carbocycles. The molecule has 0 unspecified atom stereocenters. The number of benzene rings is 1. The molecule has 5 rings (SSSR count). The van der Waals surface area contributed by atoms with Gasteiger partial charge in [0.15, 0.2) is 0 Å². The van der Waals surface area contributed by atoms with Crippen LogP contribution in [0.1, 0.15) is 76.0 Å². The molecule has 1 aliphatic heterocycles. The maximum absolute atomic E-state index is 13.7. The van der Waals surface area contributed by atoms with Gasteiger partial charge in [0.1, 0.15) is 5.75 Å². The van der Waals surface area contributed by atoms with Crippen molar-refractivity contribution in [2.24, 2.45) is 17.8 Å². The Kier molecular flexibility index (Phi) is 8.81. The zero-order valence-electron chi connectivity index (χ0n) is 23.2. The van der Waals surface area contributed by atoms with Crippen LogP contribution in [-0.2, 0) is 9.59 Å². The number of phenols is 1. The van der Waals surface area contributed by atoms with E-state index in [0.717, 1.165) is 54.5 Å². The second-order valence-electron chi connectivity index (χ2n) is 11.4. The van der Waals surface area contributed by atoms with Crippen LogP contribution in [0.25, 0.3) is 11.6 Å². The van der Waals surface area contributed by atoms with Crippen molar-refractivity contribution in [3.05, 3.63) is 71.1 Å². The monoisotopic (exact) mass is 544 g/mol. The summed E-state index contributed by atoms with van der Waals surface area (Å²) in [6, 6.07) is 12.7. The van der Waals surface area contributed by atoms with Gasteiger partial charge in [-0.1, -0.05) is 56.0 Å². The lowest BCUT2D eigenvalue weighted by molar-refractivity contribution is -0.143. The van der Waals surface area contributed by atoms with E-state index >= 15 is 0 Å². The first-order chi connectivity index (χ1) is 19.4. The molecule has 3 N–H and O–H groups in total. The molecule has 4 atom stereocenters.